The van der Waals surface area contributed by atoms with E-state index in [-0.39, 0.29) is 6.04 Å². The summed E-state index contributed by atoms with van der Waals surface area (Å²) in [6.45, 7) is 0. The molecule has 0 spiro atoms. The molecule has 0 radical (unpaired) electrons. The number of nitrogens with one attached hydrogen (secondary N) is 2. The van der Waals surface area contributed by atoms with Crippen LogP contribution >= 0.6 is 0 Å². The lowest BCUT2D eigenvalue weighted by Gasteiger charge is -2.21. The summed E-state index contributed by atoms with van der Waals surface area (Å²) in [5.74, 6) is 0.926. The van der Waals surface area contributed by atoms with E-state index in [1.807, 2.05) is 30.3 Å². The molecule has 0 amide bonds. The van der Waals surface area contributed by atoms with Gasteiger partial charge in [0.05, 0.1) is 28.1 Å². The monoisotopic (exact) mass is 453 g/mol. The topological polar surface area (TPSA) is 60.1 Å². The first-order valence-electron chi connectivity index (χ1n) is 11.9. The maximum absolute atomic E-state index is 5.24. The van der Waals surface area contributed by atoms with Crippen LogP contribution in [0.4, 0.5) is 5.69 Å². The first kappa shape index (κ1) is 19.8. The number of para-hydroxylation sites is 4. The fourth-order valence-corrected chi connectivity index (χ4v) is 5.09. The van der Waals surface area contributed by atoms with Crippen molar-refractivity contribution >= 4 is 33.3 Å². The molecule has 7 rings (SSSR count). The Hall–Kier alpha value is -4.64. The number of hydrogen-bond donors (Lipinski definition) is 2. The lowest BCUT2D eigenvalue weighted by molar-refractivity contribution is 0.671. The number of rotatable bonds is 4. The molecule has 1 aliphatic heterocycles. The van der Waals surface area contributed by atoms with E-state index in [4.69, 9.17) is 10.1 Å². The Bertz CT molecular complexity index is 1640. The fraction of sp³-hybridized carbons (Fsp3) is 0.0667. The SMILES string of the molecule is c1ccc(-c2[nH]c3ccccc3c2C2=NN(c3ccccc3)C(c3nc4ccccc4[nH]3)C2)cc1. The second kappa shape index (κ2) is 7.99. The molecule has 0 fully saturated rings. The second-order valence-electron chi connectivity index (χ2n) is 8.87. The molecule has 5 nitrogen and oxygen atoms in total. The molecular weight excluding hydrogens is 430 g/mol. The summed E-state index contributed by atoms with van der Waals surface area (Å²) >= 11 is 0. The molecule has 1 aliphatic rings. The lowest BCUT2D eigenvalue weighted by atomic mass is 9.97. The van der Waals surface area contributed by atoms with Gasteiger partial charge in [-0.15, -0.1) is 0 Å². The molecule has 3 heterocycles. The summed E-state index contributed by atoms with van der Waals surface area (Å²) in [4.78, 5) is 12.2. The Morgan fingerprint density at radius 2 is 1.37 bits per heavy atom. The average Bonchev–Trinajstić information content (AvgIpc) is 3.64. The number of H-pyrrole nitrogens is 2. The van der Waals surface area contributed by atoms with Gasteiger partial charge in [0.25, 0.3) is 0 Å². The molecule has 5 heteroatoms. The van der Waals surface area contributed by atoms with Gasteiger partial charge in [-0.2, -0.15) is 5.10 Å². The van der Waals surface area contributed by atoms with Crippen molar-refractivity contribution in [2.75, 3.05) is 5.01 Å². The van der Waals surface area contributed by atoms with Gasteiger partial charge < -0.3 is 9.97 Å². The van der Waals surface area contributed by atoms with Crippen LogP contribution in [-0.4, -0.2) is 20.7 Å². The minimum atomic E-state index is -0.0305. The summed E-state index contributed by atoms with van der Waals surface area (Å²) in [5.41, 5.74) is 8.64. The molecule has 168 valence electrons. The van der Waals surface area contributed by atoms with Crippen LogP contribution in [0.3, 0.4) is 0 Å². The summed E-state index contributed by atoms with van der Waals surface area (Å²) in [5, 5.41) is 8.53. The van der Waals surface area contributed by atoms with Crippen molar-refractivity contribution in [1.29, 1.82) is 0 Å². The van der Waals surface area contributed by atoms with Crippen LogP contribution in [0.15, 0.2) is 114 Å². The van der Waals surface area contributed by atoms with Crippen molar-refractivity contribution in [2.24, 2.45) is 5.10 Å². The number of aromatic amines is 2. The van der Waals surface area contributed by atoms with E-state index in [0.29, 0.717) is 0 Å². The van der Waals surface area contributed by atoms with E-state index < -0.39 is 0 Å². The van der Waals surface area contributed by atoms with Crippen molar-refractivity contribution in [2.45, 2.75) is 12.5 Å². The van der Waals surface area contributed by atoms with Crippen LogP contribution in [0, 0.1) is 0 Å². The van der Waals surface area contributed by atoms with Crippen LogP contribution in [0.5, 0.6) is 0 Å². The number of fused-ring (bicyclic) bond motifs is 2. The Morgan fingerprint density at radius 1 is 0.686 bits per heavy atom. The van der Waals surface area contributed by atoms with E-state index in [1.54, 1.807) is 0 Å². The van der Waals surface area contributed by atoms with E-state index in [0.717, 1.165) is 57.0 Å². The van der Waals surface area contributed by atoms with Crippen molar-refractivity contribution in [3.05, 3.63) is 121 Å². The highest BCUT2D eigenvalue weighted by molar-refractivity contribution is 6.17. The van der Waals surface area contributed by atoms with Crippen molar-refractivity contribution in [1.82, 2.24) is 15.0 Å². The van der Waals surface area contributed by atoms with Crippen molar-refractivity contribution in [3.8, 4) is 11.3 Å². The Morgan fingerprint density at radius 3 is 2.17 bits per heavy atom. The summed E-state index contributed by atoms with van der Waals surface area (Å²) in [6.07, 6.45) is 0.746. The minimum Gasteiger partial charge on any atom is -0.354 e. The smallest absolute Gasteiger partial charge is 0.132 e. The third kappa shape index (κ3) is 3.32. The van der Waals surface area contributed by atoms with Crippen LogP contribution in [0.25, 0.3) is 33.2 Å². The molecule has 2 aromatic heterocycles. The predicted octanol–water partition coefficient (Wildman–Crippen LogP) is 7.07. The lowest BCUT2D eigenvalue weighted by Crippen LogP contribution is -2.19. The van der Waals surface area contributed by atoms with Crippen LogP contribution < -0.4 is 5.01 Å². The Kier molecular flexibility index (Phi) is 4.52. The normalized spacial score (nSPS) is 15.7. The number of imidazole rings is 1. The van der Waals surface area contributed by atoms with Gasteiger partial charge in [0.15, 0.2) is 0 Å². The third-order valence-electron chi connectivity index (χ3n) is 6.71. The van der Waals surface area contributed by atoms with Gasteiger partial charge in [-0.25, -0.2) is 4.98 Å². The first-order valence-corrected chi connectivity index (χ1v) is 11.9. The van der Waals surface area contributed by atoms with Crippen molar-refractivity contribution < 1.29 is 0 Å². The van der Waals surface area contributed by atoms with Crippen LogP contribution in [0.1, 0.15) is 23.9 Å². The minimum absolute atomic E-state index is 0.0305. The number of nitrogens with zero attached hydrogens (tertiary/aromatic N) is 3. The first-order chi connectivity index (χ1) is 17.3. The zero-order valence-corrected chi connectivity index (χ0v) is 19.0. The molecule has 35 heavy (non-hydrogen) atoms. The molecule has 0 bridgehead atoms. The molecule has 0 saturated carbocycles. The molecular formula is C30H23N5. The average molecular weight is 454 g/mol. The number of aromatic nitrogens is 3. The maximum atomic E-state index is 5.24. The molecule has 0 aliphatic carbocycles. The number of hydrogen-bond acceptors (Lipinski definition) is 3. The highest BCUT2D eigenvalue weighted by atomic mass is 15.5. The van der Waals surface area contributed by atoms with Gasteiger partial charge in [0, 0.05) is 22.9 Å². The molecule has 6 aromatic rings. The van der Waals surface area contributed by atoms with Crippen LogP contribution in [0.2, 0.25) is 0 Å². The van der Waals surface area contributed by atoms with E-state index >= 15 is 0 Å². The number of benzene rings is 4. The third-order valence-corrected chi connectivity index (χ3v) is 6.71. The molecule has 4 aromatic carbocycles. The zero-order valence-electron chi connectivity index (χ0n) is 19.0. The van der Waals surface area contributed by atoms with Gasteiger partial charge in [0.1, 0.15) is 11.9 Å². The summed E-state index contributed by atoms with van der Waals surface area (Å²) < 4.78 is 0. The molecule has 1 unspecified atom stereocenters. The van der Waals surface area contributed by atoms with Gasteiger partial charge >= 0.3 is 0 Å². The predicted molar refractivity (Wildman–Crippen MR) is 143 cm³/mol. The fourth-order valence-electron chi connectivity index (χ4n) is 5.09. The highest BCUT2D eigenvalue weighted by Gasteiger charge is 2.34. The molecule has 1 atom stereocenters. The largest absolute Gasteiger partial charge is 0.354 e. The summed E-state index contributed by atoms with van der Waals surface area (Å²) in [7, 11) is 0. The second-order valence-corrected chi connectivity index (χ2v) is 8.87. The quantitative estimate of drug-likeness (QED) is 0.300. The van der Waals surface area contributed by atoms with Crippen molar-refractivity contribution in [3.63, 3.8) is 0 Å². The highest BCUT2D eigenvalue weighted by Crippen LogP contribution is 2.40. The Labute approximate surface area is 202 Å². The van der Waals surface area contributed by atoms with Gasteiger partial charge in [-0.05, 0) is 35.9 Å². The summed E-state index contributed by atoms with van der Waals surface area (Å²) in [6, 6.07) is 37.5. The van der Waals surface area contributed by atoms with E-state index in [1.165, 1.54) is 5.39 Å². The van der Waals surface area contributed by atoms with Gasteiger partial charge in [-0.3, -0.25) is 5.01 Å². The standard InChI is InChI=1S/C30H23N5/c1-3-11-20(12-4-1)29-28(22-15-7-8-16-23(22)31-29)26-19-27(35(34-26)21-13-5-2-6-14-21)30-32-24-17-9-10-18-25(24)33-30/h1-18,27,31H,19H2,(H,32,33). The Balaban J connectivity index is 1.41. The molecule has 0 saturated heterocycles. The number of hydrazone groups is 1. The van der Waals surface area contributed by atoms with E-state index in [2.05, 4.69) is 93.8 Å². The molecule has 2 N–H and O–H groups in total. The maximum Gasteiger partial charge on any atom is 0.132 e. The van der Waals surface area contributed by atoms with Gasteiger partial charge in [-0.1, -0.05) is 78.9 Å². The van der Waals surface area contributed by atoms with Gasteiger partial charge in [0.2, 0.25) is 0 Å². The van der Waals surface area contributed by atoms with Crippen LogP contribution in [-0.2, 0) is 0 Å². The number of anilines is 1. The zero-order chi connectivity index (χ0) is 23.2. The van der Waals surface area contributed by atoms with E-state index in [9.17, 15) is 0 Å².